The molecule has 2 rings (SSSR count). The summed E-state index contributed by atoms with van der Waals surface area (Å²) < 4.78 is 0. The summed E-state index contributed by atoms with van der Waals surface area (Å²) in [7, 11) is 0. The number of hydrogen-bond acceptors (Lipinski definition) is 1. The Bertz CT molecular complexity index is 590. The first-order chi connectivity index (χ1) is 10.1. The van der Waals surface area contributed by atoms with E-state index >= 15 is 0 Å². The molecule has 3 heteroatoms. The van der Waals surface area contributed by atoms with Crippen molar-refractivity contribution in [2.75, 3.05) is 0 Å². The maximum Gasteiger partial charge on any atom is 0.224 e. The van der Waals surface area contributed by atoms with E-state index in [4.69, 9.17) is 11.6 Å². The second-order valence-electron chi connectivity index (χ2n) is 5.24. The third kappa shape index (κ3) is 4.61. The van der Waals surface area contributed by atoms with Crippen molar-refractivity contribution in [1.82, 2.24) is 5.32 Å². The summed E-state index contributed by atoms with van der Waals surface area (Å²) in [4.78, 5) is 12.2. The van der Waals surface area contributed by atoms with Crippen molar-refractivity contribution in [1.29, 1.82) is 0 Å². The molecule has 0 aliphatic heterocycles. The van der Waals surface area contributed by atoms with Crippen LogP contribution in [0.15, 0.2) is 48.5 Å². The van der Waals surface area contributed by atoms with Gasteiger partial charge in [0.25, 0.3) is 0 Å². The molecular weight excluding hydrogens is 282 g/mol. The minimum absolute atomic E-state index is 0.0280. The van der Waals surface area contributed by atoms with Gasteiger partial charge in [-0.1, -0.05) is 60.5 Å². The molecule has 2 aromatic rings. The molecular formula is C18H20ClNO. The average Bonchev–Trinajstić information content (AvgIpc) is 2.48. The van der Waals surface area contributed by atoms with Gasteiger partial charge in [-0.2, -0.15) is 0 Å². The average molecular weight is 302 g/mol. The SMILES string of the molecule is CCC(NC(=O)Cc1ccc(C)cc1)c1ccc(Cl)cc1. The van der Waals surface area contributed by atoms with E-state index in [0.717, 1.165) is 17.5 Å². The predicted octanol–water partition coefficient (Wildman–Crippen LogP) is 4.46. The molecule has 0 saturated carbocycles. The van der Waals surface area contributed by atoms with Crippen LogP contribution < -0.4 is 5.32 Å². The maximum atomic E-state index is 12.2. The first-order valence-electron chi connectivity index (χ1n) is 7.19. The number of hydrogen-bond donors (Lipinski definition) is 1. The van der Waals surface area contributed by atoms with Crippen LogP contribution in [0.3, 0.4) is 0 Å². The first kappa shape index (κ1) is 15.6. The summed E-state index contributed by atoms with van der Waals surface area (Å²) in [6, 6.07) is 15.7. The summed E-state index contributed by atoms with van der Waals surface area (Å²) in [5.74, 6) is 0.0423. The Labute approximate surface area is 131 Å². The molecule has 0 aliphatic carbocycles. The van der Waals surface area contributed by atoms with E-state index in [1.165, 1.54) is 5.56 Å². The Morgan fingerprint density at radius 2 is 1.71 bits per heavy atom. The topological polar surface area (TPSA) is 29.1 Å². The lowest BCUT2D eigenvalue weighted by Gasteiger charge is -2.17. The van der Waals surface area contributed by atoms with Gasteiger partial charge in [0.05, 0.1) is 12.5 Å². The molecule has 110 valence electrons. The highest BCUT2D eigenvalue weighted by Gasteiger charge is 2.12. The van der Waals surface area contributed by atoms with Crippen molar-refractivity contribution in [2.45, 2.75) is 32.7 Å². The Kier molecular flexibility index (Phi) is 5.40. The highest BCUT2D eigenvalue weighted by atomic mass is 35.5. The van der Waals surface area contributed by atoms with Gasteiger partial charge in [0.1, 0.15) is 0 Å². The van der Waals surface area contributed by atoms with E-state index in [-0.39, 0.29) is 11.9 Å². The molecule has 1 amide bonds. The number of halogens is 1. The number of nitrogens with one attached hydrogen (secondary N) is 1. The fourth-order valence-corrected chi connectivity index (χ4v) is 2.38. The van der Waals surface area contributed by atoms with Crippen LogP contribution in [0, 0.1) is 6.92 Å². The highest BCUT2D eigenvalue weighted by Crippen LogP contribution is 2.19. The Morgan fingerprint density at radius 1 is 1.10 bits per heavy atom. The normalized spacial score (nSPS) is 12.0. The summed E-state index contributed by atoms with van der Waals surface area (Å²) in [5, 5.41) is 3.79. The zero-order chi connectivity index (χ0) is 15.2. The van der Waals surface area contributed by atoms with Gasteiger partial charge in [-0.15, -0.1) is 0 Å². The quantitative estimate of drug-likeness (QED) is 0.868. The van der Waals surface area contributed by atoms with Crippen LogP contribution in [-0.2, 0) is 11.2 Å². The van der Waals surface area contributed by atoms with Crippen molar-refractivity contribution in [3.05, 3.63) is 70.2 Å². The fourth-order valence-electron chi connectivity index (χ4n) is 2.25. The van der Waals surface area contributed by atoms with Crippen molar-refractivity contribution in [2.24, 2.45) is 0 Å². The number of aryl methyl sites for hydroxylation is 1. The number of rotatable bonds is 5. The molecule has 2 aromatic carbocycles. The smallest absolute Gasteiger partial charge is 0.224 e. The second kappa shape index (κ2) is 7.28. The van der Waals surface area contributed by atoms with Crippen molar-refractivity contribution >= 4 is 17.5 Å². The largest absolute Gasteiger partial charge is 0.349 e. The van der Waals surface area contributed by atoms with Crippen LogP contribution in [0.1, 0.15) is 36.1 Å². The van der Waals surface area contributed by atoms with Crippen LogP contribution in [0.5, 0.6) is 0 Å². The molecule has 0 aliphatic rings. The number of benzene rings is 2. The third-order valence-corrected chi connectivity index (χ3v) is 3.75. The van der Waals surface area contributed by atoms with Gasteiger partial charge in [0.15, 0.2) is 0 Å². The number of carbonyl (C=O) groups excluding carboxylic acids is 1. The van der Waals surface area contributed by atoms with E-state index in [1.807, 2.05) is 55.5 Å². The molecule has 21 heavy (non-hydrogen) atoms. The van der Waals surface area contributed by atoms with Gasteiger partial charge >= 0.3 is 0 Å². The summed E-state index contributed by atoms with van der Waals surface area (Å²) in [5.41, 5.74) is 3.31. The van der Waals surface area contributed by atoms with Crippen LogP contribution in [0.25, 0.3) is 0 Å². The molecule has 0 heterocycles. The van der Waals surface area contributed by atoms with E-state index in [0.29, 0.717) is 11.4 Å². The number of amides is 1. The van der Waals surface area contributed by atoms with Gasteiger partial charge in [0, 0.05) is 5.02 Å². The second-order valence-corrected chi connectivity index (χ2v) is 5.68. The standard InChI is InChI=1S/C18H20ClNO/c1-3-17(15-8-10-16(19)11-9-15)20-18(21)12-14-6-4-13(2)5-7-14/h4-11,17H,3,12H2,1-2H3,(H,20,21). The van der Waals surface area contributed by atoms with E-state index in [2.05, 4.69) is 12.2 Å². The predicted molar refractivity (Wildman–Crippen MR) is 87.5 cm³/mol. The van der Waals surface area contributed by atoms with Gasteiger partial charge < -0.3 is 5.32 Å². The van der Waals surface area contributed by atoms with Gasteiger partial charge in [-0.05, 0) is 36.6 Å². The maximum absolute atomic E-state index is 12.2. The van der Waals surface area contributed by atoms with Crippen LogP contribution >= 0.6 is 11.6 Å². The van der Waals surface area contributed by atoms with Gasteiger partial charge in [-0.3, -0.25) is 4.79 Å². The first-order valence-corrected chi connectivity index (χ1v) is 7.56. The highest BCUT2D eigenvalue weighted by molar-refractivity contribution is 6.30. The lowest BCUT2D eigenvalue weighted by atomic mass is 10.0. The summed E-state index contributed by atoms with van der Waals surface area (Å²) in [6.07, 6.45) is 1.26. The lowest BCUT2D eigenvalue weighted by molar-refractivity contribution is -0.121. The van der Waals surface area contributed by atoms with Crippen LogP contribution in [-0.4, -0.2) is 5.91 Å². The van der Waals surface area contributed by atoms with Gasteiger partial charge in [0.2, 0.25) is 5.91 Å². The third-order valence-electron chi connectivity index (χ3n) is 3.50. The Balaban J connectivity index is 1.99. The van der Waals surface area contributed by atoms with Crippen LogP contribution in [0.4, 0.5) is 0 Å². The van der Waals surface area contributed by atoms with Crippen LogP contribution in [0.2, 0.25) is 5.02 Å². The molecule has 2 nitrogen and oxygen atoms in total. The molecule has 0 bridgehead atoms. The molecule has 1 N–H and O–H groups in total. The summed E-state index contributed by atoms with van der Waals surface area (Å²) >= 11 is 5.90. The Hall–Kier alpha value is -1.80. The van der Waals surface area contributed by atoms with Gasteiger partial charge in [-0.25, -0.2) is 0 Å². The fraction of sp³-hybridized carbons (Fsp3) is 0.278. The lowest BCUT2D eigenvalue weighted by Crippen LogP contribution is -2.29. The minimum atomic E-state index is 0.0280. The van der Waals surface area contributed by atoms with Crippen molar-refractivity contribution < 1.29 is 4.79 Å². The molecule has 0 radical (unpaired) electrons. The van der Waals surface area contributed by atoms with Crippen molar-refractivity contribution in [3.8, 4) is 0 Å². The molecule has 0 fully saturated rings. The monoisotopic (exact) mass is 301 g/mol. The Morgan fingerprint density at radius 3 is 2.29 bits per heavy atom. The van der Waals surface area contributed by atoms with E-state index in [1.54, 1.807) is 0 Å². The molecule has 1 unspecified atom stereocenters. The molecule has 0 saturated heterocycles. The van der Waals surface area contributed by atoms with E-state index in [9.17, 15) is 4.79 Å². The summed E-state index contributed by atoms with van der Waals surface area (Å²) in [6.45, 7) is 4.10. The zero-order valence-corrected chi connectivity index (χ0v) is 13.2. The molecule has 1 atom stereocenters. The van der Waals surface area contributed by atoms with E-state index < -0.39 is 0 Å². The zero-order valence-electron chi connectivity index (χ0n) is 12.4. The molecule has 0 spiro atoms. The van der Waals surface area contributed by atoms with Crippen molar-refractivity contribution in [3.63, 3.8) is 0 Å². The molecule has 0 aromatic heterocycles. The minimum Gasteiger partial charge on any atom is -0.349 e. The number of carbonyl (C=O) groups is 1.